The maximum atomic E-state index is 5.43. The molecule has 1 aliphatic heterocycles. The zero-order valence-electron chi connectivity index (χ0n) is 10.1. The molecule has 1 fully saturated rings. The lowest BCUT2D eigenvalue weighted by molar-refractivity contribution is -0.911. The smallest absolute Gasteiger partial charge is 0.225 e. The number of likely N-dealkylation sites (tertiary alicyclic amines) is 1. The fraction of sp³-hybridized carbons (Fsp3) is 0.417. The molecule has 0 unspecified atom stereocenters. The highest BCUT2D eigenvalue weighted by Gasteiger charge is 2.17. The first-order valence-corrected chi connectivity index (χ1v) is 6.67. The summed E-state index contributed by atoms with van der Waals surface area (Å²) in [6.07, 6.45) is 2.60. The van der Waals surface area contributed by atoms with E-state index < -0.39 is 0 Å². The number of hydrogen-bond acceptors (Lipinski definition) is 3. The fourth-order valence-electron chi connectivity index (χ4n) is 2.35. The fourth-order valence-corrected chi connectivity index (χ4v) is 2.59. The minimum absolute atomic E-state index is 0.667. The highest BCUT2D eigenvalue weighted by atomic mass is 32.1. The van der Waals surface area contributed by atoms with E-state index in [1.165, 1.54) is 30.8 Å². The van der Waals surface area contributed by atoms with Crippen LogP contribution >= 0.6 is 12.2 Å². The minimum atomic E-state index is 0.667. The number of quaternary nitrogens is 1. The molecule has 0 saturated carbocycles. The average molecular weight is 262 g/mol. The van der Waals surface area contributed by atoms with Gasteiger partial charge in [0.25, 0.3) is 0 Å². The minimum Gasteiger partial charge on any atom is -0.316 e. The lowest BCUT2D eigenvalue weighted by Crippen LogP contribution is -3.09. The van der Waals surface area contributed by atoms with Crippen LogP contribution in [-0.2, 0) is 6.67 Å². The monoisotopic (exact) mass is 262 g/mol. The molecule has 0 aliphatic carbocycles. The highest BCUT2D eigenvalue weighted by molar-refractivity contribution is 7.71. The van der Waals surface area contributed by atoms with E-state index >= 15 is 0 Å². The van der Waals surface area contributed by atoms with E-state index in [0.717, 1.165) is 12.4 Å². The van der Waals surface area contributed by atoms with Crippen LogP contribution < -0.4 is 4.90 Å². The van der Waals surface area contributed by atoms with E-state index in [1.54, 1.807) is 4.68 Å². The Morgan fingerprint density at radius 2 is 1.83 bits per heavy atom. The summed E-state index contributed by atoms with van der Waals surface area (Å²) in [7, 11) is 0. The first-order chi connectivity index (χ1) is 8.84. The lowest BCUT2D eigenvalue weighted by atomic mass is 10.3. The van der Waals surface area contributed by atoms with Gasteiger partial charge in [-0.1, -0.05) is 18.2 Å². The molecule has 6 heteroatoms. The molecule has 1 aromatic heterocycles. The molecule has 2 heterocycles. The molecular formula is C12H16N5S+. The summed E-state index contributed by atoms with van der Waals surface area (Å²) in [4.78, 5) is 1.53. The molecule has 18 heavy (non-hydrogen) atoms. The van der Waals surface area contributed by atoms with E-state index in [9.17, 15) is 0 Å². The highest BCUT2D eigenvalue weighted by Crippen LogP contribution is 2.05. The molecule has 1 saturated heterocycles. The van der Waals surface area contributed by atoms with Crippen LogP contribution in [0.15, 0.2) is 30.3 Å². The Bertz CT molecular complexity index is 568. The third-order valence-electron chi connectivity index (χ3n) is 3.32. The zero-order valence-corrected chi connectivity index (χ0v) is 10.9. The van der Waals surface area contributed by atoms with Crippen LogP contribution in [0, 0.1) is 4.77 Å². The van der Waals surface area contributed by atoms with E-state index in [2.05, 4.69) is 10.4 Å². The molecule has 0 atom stereocenters. The van der Waals surface area contributed by atoms with Gasteiger partial charge in [-0.2, -0.15) is 9.36 Å². The second kappa shape index (κ2) is 4.99. The maximum absolute atomic E-state index is 5.43. The summed E-state index contributed by atoms with van der Waals surface area (Å²) < 4.78 is 4.20. The summed E-state index contributed by atoms with van der Waals surface area (Å²) >= 11 is 5.43. The second-order valence-corrected chi connectivity index (χ2v) is 4.99. The maximum Gasteiger partial charge on any atom is 0.225 e. The van der Waals surface area contributed by atoms with E-state index in [-0.39, 0.29) is 0 Å². The standard InChI is InChI=1S/C12H15N5S/c18-12-16(10-15-8-4-5-9-15)13-14-17(12)11-6-2-1-3-7-11/h1-3,6-7H,4-5,8-10H2/p+1. The van der Waals surface area contributed by atoms with Gasteiger partial charge in [0.15, 0.2) is 6.67 Å². The summed E-state index contributed by atoms with van der Waals surface area (Å²) in [5, 5.41) is 8.30. The molecule has 0 radical (unpaired) electrons. The van der Waals surface area contributed by atoms with Crippen LogP contribution in [0.3, 0.4) is 0 Å². The normalized spacial score (nSPS) is 16.2. The van der Waals surface area contributed by atoms with Crippen molar-refractivity contribution in [2.24, 2.45) is 0 Å². The van der Waals surface area contributed by atoms with Gasteiger partial charge in [-0.25, -0.2) is 0 Å². The molecule has 5 nitrogen and oxygen atoms in total. The Morgan fingerprint density at radius 1 is 1.11 bits per heavy atom. The Labute approximate surface area is 111 Å². The molecule has 2 aromatic rings. The Morgan fingerprint density at radius 3 is 2.56 bits per heavy atom. The number of para-hydroxylation sites is 1. The molecule has 0 bridgehead atoms. The number of rotatable bonds is 3. The number of aromatic nitrogens is 4. The first-order valence-electron chi connectivity index (χ1n) is 6.26. The molecule has 94 valence electrons. The van der Waals surface area contributed by atoms with Crippen molar-refractivity contribution in [1.29, 1.82) is 0 Å². The number of hydrogen-bond donors (Lipinski definition) is 1. The quantitative estimate of drug-likeness (QED) is 0.816. The van der Waals surface area contributed by atoms with Gasteiger partial charge < -0.3 is 4.90 Å². The van der Waals surface area contributed by atoms with Crippen molar-refractivity contribution in [3.63, 3.8) is 0 Å². The average Bonchev–Trinajstić information content (AvgIpc) is 3.03. The predicted octanol–water partition coefficient (Wildman–Crippen LogP) is 0.434. The van der Waals surface area contributed by atoms with Crippen molar-refractivity contribution in [2.45, 2.75) is 19.5 Å². The van der Waals surface area contributed by atoms with Gasteiger partial charge in [0.05, 0.1) is 18.8 Å². The molecule has 3 rings (SSSR count). The summed E-state index contributed by atoms with van der Waals surface area (Å²) in [6, 6.07) is 9.89. The predicted molar refractivity (Wildman–Crippen MR) is 70.1 cm³/mol. The van der Waals surface area contributed by atoms with Crippen molar-refractivity contribution >= 4 is 12.2 Å². The van der Waals surface area contributed by atoms with Crippen LogP contribution in [0.25, 0.3) is 5.69 Å². The van der Waals surface area contributed by atoms with Crippen molar-refractivity contribution in [3.8, 4) is 5.69 Å². The van der Waals surface area contributed by atoms with Crippen LogP contribution in [0.5, 0.6) is 0 Å². The molecule has 0 amide bonds. The molecule has 0 spiro atoms. The van der Waals surface area contributed by atoms with Gasteiger partial charge in [0.2, 0.25) is 4.77 Å². The Kier molecular flexibility index (Phi) is 3.21. The van der Waals surface area contributed by atoms with Gasteiger partial charge in [-0.15, -0.1) is 0 Å². The van der Waals surface area contributed by atoms with E-state index in [0.29, 0.717) is 4.77 Å². The number of nitrogens with zero attached hydrogens (tertiary/aromatic N) is 4. The first kappa shape index (κ1) is 11.6. The van der Waals surface area contributed by atoms with Crippen LogP contribution in [0.4, 0.5) is 0 Å². The molecule has 1 N–H and O–H groups in total. The Balaban J connectivity index is 1.86. The third kappa shape index (κ3) is 2.21. The summed E-state index contributed by atoms with van der Waals surface area (Å²) in [5.41, 5.74) is 0.963. The zero-order chi connectivity index (χ0) is 12.4. The summed E-state index contributed by atoms with van der Waals surface area (Å²) in [5.74, 6) is 0. The SMILES string of the molecule is S=c1n(C[NH+]2CCCC2)nnn1-c1ccccc1. The number of benzene rings is 1. The van der Waals surface area contributed by atoms with Gasteiger partial charge in [-0.05, 0) is 34.8 Å². The third-order valence-corrected chi connectivity index (χ3v) is 3.71. The number of tetrazole rings is 1. The van der Waals surface area contributed by atoms with Gasteiger partial charge in [0, 0.05) is 12.8 Å². The molecule has 1 aliphatic rings. The van der Waals surface area contributed by atoms with Gasteiger partial charge >= 0.3 is 0 Å². The van der Waals surface area contributed by atoms with E-state index in [4.69, 9.17) is 12.2 Å². The van der Waals surface area contributed by atoms with Crippen LogP contribution in [0.2, 0.25) is 0 Å². The van der Waals surface area contributed by atoms with E-state index in [1.807, 2.05) is 35.0 Å². The summed E-state index contributed by atoms with van der Waals surface area (Å²) in [6.45, 7) is 3.24. The molecular weight excluding hydrogens is 246 g/mol. The number of nitrogens with one attached hydrogen (secondary N) is 1. The topological polar surface area (TPSA) is 40.1 Å². The van der Waals surface area contributed by atoms with Crippen molar-refractivity contribution in [2.75, 3.05) is 13.1 Å². The second-order valence-electron chi connectivity index (χ2n) is 4.62. The van der Waals surface area contributed by atoms with Crippen molar-refractivity contribution in [1.82, 2.24) is 19.8 Å². The van der Waals surface area contributed by atoms with Crippen molar-refractivity contribution in [3.05, 3.63) is 35.1 Å². The lowest BCUT2D eigenvalue weighted by Gasteiger charge is -2.10. The van der Waals surface area contributed by atoms with Gasteiger partial charge in [-0.3, -0.25) is 0 Å². The van der Waals surface area contributed by atoms with Crippen LogP contribution in [-0.4, -0.2) is 32.9 Å². The Hall–Kier alpha value is -1.53. The molecule has 1 aromatic carbocycles. The largest absolute Gasteiger partial charge is 0.316 e. The van der Waals surface area contributed by atoms with Crippen LogP contribution in [0.1, 0.15) is 12.8 Å². The van der Waals surface area contributed by atoms with Gasteiger partial charge in [0.1, 0.15) is 0 Å². The van der Waals surface area contributed by atoms with Crippen molar-refractivity contribution < 1.29 is 4.90 Å².